The van der Waals surface area contributed by atoms with Crippen LogP contribution in [0.1, 0.15) is 72.9 Å². The van der Waals surface area contributed by atoms with Gasteiger partial charge in [0.2, 0.25) is 11.8 Å². The van der Waals surface area contributed by atoms with Gasteiger partial charge in [-0.2, -0.15) is 10.2 Å². The van der Waals surface area contributed by atoms with E-state index < -0.39 is 0 Å². The average Bonchev–Trinajstić information content (AvgIpc) is 3.42. The van der Waals surface area contributed by atoms with Crippen LogP contribution in [0, 0.1) is 0 Å². The predicted octanol–water partition coefficient (Wildman–Crippen LogP) is 4.88. The zero-order valence-electron chi connectivity index (χ0n) is 18.1. The Morgan fingerprint density at radius 3 is 1.50 bits per heavy atom. The van der Waals surface area contributed by atoms with Crippen LogP contribution < -0.4 is 10.9 Å². The molecule has 30 heavy (non-hydrogen) atoms. The van der Waals surface area contributed by atoms with Crippen molar-refractivity contribution < 1.29 is 9.59 Å². The molecule has 0 atom stereocenters. The van der Waals surface area contributed by atoms with Crippen molar-refractivity contribution >= 4 is 45.9 Å². The zero-order chi connectivity index (χ0) is 21.9. The van der Waals surface area contributed by atoms with Crippen LogP contribution in [0.25, 0.3) is 0 Å². The van der Waals surface area contributed by atoms with Crippen LogP contribution in [0.2, 0.25) is 0 Å². The highest BCUT2D eigenvalue weighted by Gasteiger charge is 2.07. The van der Waals surface area contributed by atoms with E-state index in [1.54, 1.807) is 22.7 Å². The maximum absolute atomic E-state index is 11.9. The number of aryl methyl sites for hydroxylation is 2. The van der Waals surface area contributed by atoms with Crippen LogP contribution in [-0.4, -0.2) is 23.2 Å². The molecule has 0 aromatic carbocycles. The van der Waals surface area contributed by atoms with E-state index in [2.05, 4.69) is 47.0 Å². The van der Waals surface area contributed by atoms with Crippen molar-refractivity contribution in [2.24, 2.45) is 10.2 Å². The van der Waals surface area contributed by atoms with Crippen LogP contribution >= 0.6 is 22.7 Å². The van der Waals surface area contributed by atoms with E-state index in [-0.39, 0.29) is 11.8 Å². The normalized spacial score (nSPS) is 12.1. The summed E-state index contributed by atoms with van der Waals surface area (Å²) < 4.78 is 0. The molecule has 0 saturated carbocycles. The first-order chi connectivity index (χ1) is 14.4. The molecule has 0 aliphatic carbocycles. The number of carbonyl (C=O) groups excluding carboxylic acids is 2. The van der Waals surface area contributed by atoms with Gasteiger partial charge in [-0.3, -0.25) is 9.59 Å². The lowest BCUT2D eigenvalue weighted by molar-refractivity contribution is -0.123. The van der Waals surface area contributed by atoms with E-state index >= 15 is 0 Å². The van der Waals surface area contributed by atoms with Crippen molar-refractivity contribution in [2.75, 3.05) is 0 Å². The summed E-state index contributed by atoms with van der Waals surface area (Å²) >= 11 is 3.38. The van der Waals surface area contributed by atoms with Gasteiger partial charge < -0.3 is 0 Å². The number of nitrogens with zero attached hydrogens (tertiary/aromatic N) is 2. The van der Waals surface area contributed by atoms with Crippen molar-refractivity contribution in [3.63, 3.8) is 0 Å². The molecule has 0 fully saturated rings. The highest BCUT2D eigenvalue weighted by molar-refractivity contribution is 7.14. The lowest BCUT2D eigenvalue weighted by Gasteiger charge is -2.03. The maximum atomic E-state index is 11.9. The van der Waals surface area contributed by atoms with E-state index in [9.17, 15) is 9.59 Å². The molecule has 0 aliphatic heterocycles. The van der Waals surface area contributed by atoms with E-state index in [1.807, 2.05) is 26.0 Å². The van der Waals surface area contributed by atoms with Gasteiger partial charge in [-0.15, -0.1) is 22.7 Å². The standard InChI is InChI=1S/C22H30N4O2S2/c1-5-17-11-13-19(29-17)15(3)23-25-21(27)9-7-8-10-22(28)26-24-16(4)20-14-12-18(6-2)30-20/h11-14H,5-10H2,1-4H3,(H,25,27)(H,26,28)/b23-15+,24-16+. The van der Waals surface area contributed by atoms with Crippen LogP contribution in [0.5, 0.6) is 0 Å². The highest BCUT2D eigenvalue weighted by Crippen LogP contribution is 2.18. The Hall–Kier alpha value is -2.32. The Balaban J connectivity index is 1.65. The second kappa shape index (κ2) is 12.4. The monoisotopic (exact) mass is 446 g/mol. The fraction of sp³-hybridized carbons (Fsp3) is 0.455. The molecular formula is C22H30N4O2S2. The summed E-state index contributed by atoms with van der Waals surface area (Å²) in [7, 11) is 0. The van der Waals surface area contributed by atoms with Crippen LogP contribution in [-0.2, 0) is 22.4 Å². The van der Waals surface area contributed by atoms with Gasteiger partial charge >= 0.3 is 0 Å². The summed E-state index contributed by atoms with van der Waals surface area (Å²) in [6.45, 7) is 8.00. The number of hydrogen-bond acceptors (Lipinski definition) is 6. The van der Waals surface area contributed by atoms with Gasteiger partial charge in [0.1, 0.15) is 0 Å². The van der Waals surface area contributed by atoms with Crippen molar-refractivity contribution in [2.45, 2.75) is 66.2 Å². The summed E-state index contributed by atoms with van der Waals surface area (Å²) in [4.78, 5) is 28.6. The second-order valence-electron chi connectivity index (χ2n) is 6.91. The van der Waals surface area contributed by atoms with Gasteiger partial charge in [0, 0.05) is 22.6 Å². The predicted molar refractivity (Wildman–Crippen MR) is 127 cm³/mol. The van der Waals surface area contributed by atoms with Crippen molar-refractivity contribution in [1.82, 2.24) is 10.9 Å². The first-order valence-corrected chi connectivity index (χ1v) is 11.9. The minimum absolute atomic E-state index is 0.139. The van der Waals surface area contributed by atoms with E-state index in [0.29, 0.717) is 25.7 Å². The zero-order valence-corrected chi connectivity index (χ0v) is 19.7. The fourth-order valence-electron chi connectivity index (χ4n) is 2.61. The number of amides is 2. The summed E-state index contributed by atoms with van der Waals surface area (Å²) in [5.74, 6) is -0.277. The molecule has 2 N–H and O–H groups in total. The Bertz CT molecular complexity index is 838. The molecule has 2 aromatic heterocycles. The van der Waals surface area contributed by atoms with Gasteiger partial charge in [0.15, 0.2) is 0 Å². The summed E-state index contributed by atoms with van der Waals surface area (Å²) in [5.41, 5.74) is 6.80. The number of unbranched alkanes of at least 4 members (excludes halogenated alkanes) is 1. The highest BCUT2D eigenvalue weighted by atomic mass is 32.1. The number of hydrazone groups is 2. The summed E-state index contributed by atoms with van der Waals surface area (Å²) in [6, 6.07) is 8.22. The smallest absolute Gasteiger partial charge is 0.240 e. The third-order valence-electron chi connectivity index (χ3n) is 4.49. The molecule has 0 unspecified atom stereocenters. The van der Waals surface area contributed by atoms with Gasteiger partial charge in [-0.05, 0) is 63.8 Å². The molecule has 2 heterocycles. The fourth-order valence-corrected chi connectivity index (χ4v) is 4.39. The third kappa shape index (κ3) is 7.84. The topological polar surface area (TPSA) is 82.9 Å². The molecule has 0 spiro atoms. The summed E-state index contributed by atoms with van der Waals surface area (Å²) in [5, 5.41) is 8.35. The molecule has 2 aromatic rings. The third-order valence-corrected chi connectivity index (χ3v) is 7.16. The number of carbonyl (C=O) groups is 2. The first kappa shape index (κ1) is 24.0. The Kier molecular flexibility index (Phi) is 9.89. The van der Waals surface area contributed by atoms with E-state index in [1.165, 1.54) is 9.75 Å². The molecule has 0 aliphatic rings. The van der Waals surface area contributed by atoms with Crippen molar-refractivity contribution in [3.05, 3.63) is 43.8 Å². The largest absolute Gasteiger partial charge is 0.273 e. The second-order valence-corrected chi connectivity index (χ2v) is 9.25. The Morgan fingerprint density at radius 2 is 1.17 bits per heavy atom. The van der Waals surface area contributed by atoms with Gasteiger partial charge in [0.05, 0.1) is 21.2 Å². The van der Waals surface area contributed by atoms with Crippen LogP contribution in [0.15, 0.2) is 34.5 Å². The average molecular weight is 447 g/mol. The molecule has 0 radical (unpaired) electrons. The Morgan fingerprint density at radius 1 is 0.767 bits per heavy atom. The quantitative estimate of drug-likeness (QED) is 0.293. The number of hydrogen-bond donors (Lipinski definition) is 2. The Labute approximate surface area is 186 Å². The molecule has 6 nitrogen and oxygen atoms in total. The molecule has 0 bridgehead atoms. The van der Waals surface area contributed by atoms with E-state index in [4.69, 9.17) is 0 Å². The van der Waals surface area contributed by atoms with Gasteiger partial charge in [-0.25, -0.2) is 10.9 Å². The lowest BCUT2D eigenvalue weighted by atomic mass is 10.2. The minimum atomic E-state index is -0.139. The lowest BCUT2D eigenvalue weighted by Crippen LogP contribution is -2.20. The molecule has 2 rings (SSSR count). The number of nitrogens with one attached hydrogen (secondary N) is 2. The minimum Gasteiger partial charge on any atom is -0.273 e. The van der Waals surface area contributed by atoms with Crippen molar-refractivity contribution in [1.29, 1.82) is 0 Å². The molecule has 8 heteroatoms. The molecule has 162 valence electrons. The van der Waals surface area contributed by atoms with Crippen molar-refractivity contribution in [3.8, 4) is 0 Å². The number of rotatable bonds is 11. The van der Waals surface area contributed by atoms with Gasteiger partial charge in [-0.1, -0.05) is 13.8 Å². The molecular weight excluding hydrogens is 416 g/mol. The summed E-state index contributed by atoms with van der Waals surface area (Å²) in [6.07, 6.45) is 3.92. The number of thiophene rings is 2. The van der Waals surface area contributed by atoms with Gasteiger partial charge in [0.25, 0.3) is 0 Å². The first-order valence-electron chi connectivity index (χ1n) is 10.3. The maximum Gasteiger partial charge on any atom is 0.240 e. The molecule has 2 amide bonds. The van der Waals surface area contributed by atoms with Crippen LogP contribution in [0.3, 0.4) is 0 Å². The van der Waals surface area contributed by atoms with Crippen LogP contribution in [0.4, 0.5) is 0 Å². The SMILES string of the molecule is CCc1ccc(/C(C)=N/NC(=O)CCCCC(=O)N/N=C(\C)c2ccc(CC)s2)s1. The van der Waals surface area contributed by atoms with E-state index in [0.717, 1.165) is 34.0 Å². The molecule has 0 saturated heterocycles.